The van der Waals surface area contributed by atoms with Crippen molar-refractivity contribution in [3.63, 3.8) is 0 Å². The Hall–Kier alpha value is -2.19. The van der Waals surface area contributed by atoms with E-state index in [1.165, 1.54) is 0 Å². The van der Waals surface area contributed by atoms with Gasteiger partial charge in [-0.2, -0.15) is 10.2 Å². The van der Waals surface area contributed by atoms with Crippen molar-refractivity contribution < 1.29 is 14.3 Å². The lowest BCUT2D eigenvalue weighted by Gasteiger charge is -2.29. The van der Waals surface area contributed by atoms with Gasteiger partial charge >= 0.3 is 0 Å². The predicted molar refractivity (Wildman–Crippen MR) is 93.7 cm³/mol. The molecule has 0 aromatic carbocycles. The van der Waals surface area contributed by atoms with E-state index in [1.807, 2.05) is 29.5 Å². The second-order valence-corrected chi connectivity index (χ2v) is 6.99. The second kappa shape index (κ2) is 6.85. The van der Waals surface area contributed by atoms with E-state index in [2.05, 4.69) is 5.10 Å². The number of hydrogen-bond donors (Lipinski definition) is 0. The smallest absolute Gasteiger partial charge is 0.272 e. The van der Waals surface area contributed by atoms with Gasteiger partial charge in [-0.15, -0.1) is 0 Å². The SMILES string of the molecule is COCCn1nc2c(c1C(=O)N1CCn3nccc3C1)C[C@H](C)O[C@@H]2C. The summed E-state index contributed by atoms with van der Waals surface area (Å²) in [7, 11) is 1.66. The molecule has 4 rings (SSSR count). The highest BCUT2D eigenvalue weighted by Gasteiger charge is 2.34. The van der Waals surface area contributed by atoms with Crippen molar-refractivity contribution in [3.8, 4) is 0 Å². The fourth-order valence-corrected chi connectivity index (χ4v) is 3.88. The van der Waals surface area contributed by atoms with E-state index in [0.717, 1.165) is 23.5 Å². The van der Waals surface area contributed by atoms with Crippen LogP contribution in [0.15, 0.2) is 12.3 Å². The molecule has 0 saturated heterocycles. The zero-order chi connectivity index (χ0) is 18.3. The van der Waals surface area contributed by atoms with Crippen LogP contribution in [0.25, 0.3) is 0 Å². The van der Waals surface area contributed by atoms with Gasteiger partial charge in [0.25, 0.3) is 5.91 Å². The van der Waals surface area contributed by atoms with Gasteiger partial charge in [0, 0.05) is 31.8 Å². The molecule has 0 unspecified atom stereocenters. The van der Waals surface area contributed by atoms with Gasteiger partial charge in [-0.05, 0) is 19.9 Å². The van der Waals surface area contributed by atoms with Gasteiger partial charge in [-0.25, -0.2) is 0 Å². The Morgan fingerprint density at radius 3 is 3.04 bits per heavy atom. The van der Waals surface area contributed by atoms with E-state index in [-0.39, 0.29) is 18.1 Å². The van der Waals surface area contributed by atoms with E-state index in [4.69, 9.17) is 14.6 Å². The maximum absolute atomic E-state index is 13.4. The lowest BCUT2D eigenvalue weighted by molar-refractivity contribution is -0.00721. The highest BCUT2D eigenvalue weighted by Crippen LogP contribution is 2.32. The number of rotatable bonds is 4. The predicted octanol–water partition coefficient (Wildman–Crippen LogP) is 1.40. The third kappa shape index (κ3) is 2.93. The molecule has 0 saturated carbocycles. The molecule has 140 valence electrons. The minimum atomic E-state index is -0.105. The monoisotopic (exact) mass is 359 g/mol. The molecule has 2 aromatic heterocycles. The number of aromatic nitrogens is 4. The summed E-state index contributed by atoms with van der Waals surface area (Å²) in [5.41, 5.74) is 3.65. The van der Waals surface area contributed by atoms with Crippen molar-refractivity contribution in [2.45, 2.75) is 52.1 Å². The summed E-state index contributed by atoms with van der Waals surface area (Å²) in [6, 6.07) is 1.97. The minimum absolute atomic E-state index is 0.0311. The summed E-state index contributed by atoms with van der Waals surface area (Å²) in [5.74, 6) is 0.0311. The first kappa shape index (κ1) is 17.2. The lowest BCUT2D eigenvalue weighted by Crippen LogP contribution is -2.40. The molecular weight excluding hydrogens is 334 g/mol. The van der Waals surface area contributed by atoms with Crippen molar-refractivity contribution in [2.24, 2.45) is 0 Å². The van der Waals surface area contributed by atoms with Crippen LogP contribution >= 0.6 is 0 Å². The summed E-state index contributed by atoms with van der Waals surface area (Å²) in [4.78, 5) is 15.3. The second-order valence-electron chi connectivity index (χ2n) is 6.99. The van der Waals surface area contributed by atoms with Crippen molar-refractivity contribution >= 4 is 5.91 Å². The van der Waals surface area contributed by atoms with Gasteiger partial charge in [0.2, 0.25) is 0 Å². The number of carbonyl (C=O) groups excluding carboxylic acids is 1. The number of ether oxygens (including phenoxy) is 2. The minimum Gasteiger partial charge on any atom is -0.383 e. The molecular formula is C18H25N5O3. The Balaban J connectivity index is 1.69. The first-order valence-corrected chi connectivity index (χ1v) is 9.12. The van der Waals surface area contributed by atoms with Crippen LogP contribution in [0.4, 0.5) is 0 Å². The van der Waals surface area contributed by atoms with Gasteiger partial charge in [0.15, 0.2) is 0 Å². The van der Waals surface area contributed by atoms with Crippen LogP contribution in [0.1, 0.15) is 47.4 Å². The molecule has 2 aliphatic heterocycles. The third-order valence-corrected chi connectivity index (χ3v) is 5.13. The molecule has 26 heavy (non-hydrogen) atoms. The highest BCUT2D eigenvalue weighted by atomic mass is 16.5. The Bertz CT molecular complexity index is 812. The van der Waals surface area contributed by atoms with Gasteiger partial charge in [0.1, 0.15) is 5.69 Å². The Labute approximate surface area is 152 Å². The molecule has 0 N–H and O–H groups in total. The molecule has 2 aromatic rings. The number of fused-ring (bicyclic) bond motifs is 2. The molecule has 0 aliphatic carbocycles. The van der Waals surface area contributed by atoms with Crippen molar-refractivity contribution in [1.82, 2.24) is 24.5 Å². The van der Waals surface area contributed by atoms with Crippen LogP contribution in [0.3, 0.4) is 0 Å². The fourth-order valence-electron chi connectivity index (χ4n) is 3.88. The molecule has 2 aliphatic rings. The zero-order valence-electron chi connectivity index (χ0n) is 15.5. The van der Waals surface area contributed by atoms with Crippen molar-refractivity contribution in [1.29, 1.82) is 0 Å². The molecule has 2 atom stereocenters. The van der Waals surface area contributed by atoms with Crippen molar-refractivity contribution in [2.75, 3.05) is 20.3 Å². The van der Waals surface area contributed by atoms with Crippen molar-refractivity contribution in [3.05, 3.63) is 34.9 Å². The van der Waals surface area contributed by atoms with Crippen LogP contribution in [0, 0.1) is 0 Å². The van der Waals surface area contributed by atoms with E-state index in [0.29, 0.717) is 38.4 Å². The third-order valence-electron chi connectivity index (χ3n) is 5.13. The molecule has 1 amide bonds. The first-order valence-electron chi connectivity index (χ1n) is 9.12. The zero-order valence-corrected chi connectivity index (χ0v) is 15.5. The maximum atomic E-state index is 13.4. The van der Waals surface area contributed by atoms with Gasteiger partial charge in [-0.1, -0.05) is 0 Å². The van der Waals surface area contributed by atoms with Gasteiger partial charge in [-0.3, -0.25) is 14.2 Å². The maximum Gasteiger partial charge on any atom is 0.272 e. The average molecular weight is 359 g/mol. The van der Waals surface area contributed by atoms with E-state index >= 15 is 0 Å². The summed E-state index contributed by atoms with van der Waals surface area (Å²) < 4.78 is 14.9. The molecule has 0 bridgehead atoms. The van der Waals surface area contributed by atoms with E-state index in [1.54, 1.807) is 18.0 Å². The quantitative estimate of drug-likeness (QED) is 0.825. The Morgan fingerprint density at radius 2 is 2.23 bits per heavy atom. The van der Waals surface area contributed by atoms with Crippen LogP contribution in [0.2, 0.25) is 0 Å². The van der Waals surface area contributed by atoms with Gasteiger partial charge < -0.3 is 14.4 Å². The van der Waals surface area contributed by atoms with E-state index < -0.39 is 0 Å². The molecule has 0 fully saturated rings. The number of amides is 1. The topological polar surface area (TPSA) is 74.4 Å². The summed E-state index contributed by atoms with van der Waals surface area (Å²) >= 11 is 0. The standard InChI is InChI=1S/C18H25N5O3/c1-12-10-15-16(13(2)26-12)20-23(8-9-25-3)17(15)18(24)21-6-7-22-14(11-21)4-5-19-22/h4-5,12-13H,6-11H2,1-3H3/t12-,13+/m0/s1. The number of nitrogens with zero attached hydrogens (tertiary/aromatic N) is 5. The normalized spacial score (nSPS) is 22.2. The Kier molecular flexibility index (Phi) is 4.54. The largest absolute Gasteiger partial charge is 0.383 e. The Morgan fingerprint density at radius 1 is 1.38 bits per heavy atom. The van der Waals surface area contributed by atoms with E-state index in [9.17, 15) is 4.79 Å². The number of methoxy groups -OCH3 is 1. The van der Waals surface area contributed by atoms with Crippen LogP contribution in [0.5, 0.6) is 0 Å². The summed E-state index contributed by atoms with van der Waals surface area (Å²) in [6.07, 6.45) is 2.47. The molecule has 8 nitrogen and oxygen atoms in total. The molecule has 4 heterocycles. The van der Waals surface area contributed by atoms with Crippen LogP contribution < -0.4 is 0 Å². The number of carbonyl (C=O) groups is 1. The summed E-state index contributed by atoms with van der Waals surface area (Å²) in [6.45, 7) is 7.05. The molecule has 8 heteroatoms. The van der Waals surface area contributed by atoms with Crippen LogP contribution in [-0.4, -0.2) is 56.7 Å². The van der Waals surface area contributed by atoms with Crippen LogP contribution in [-0.2, 0) is 35.5 Å². The fraction of sp³-hybridized carbons (Fsp3) is 0.611. The highest BCUT2D eigenvalue weighted by molar-refractivity contribution is 5.94. The lowest BCUT2D eigenvalue weighted by atomic mass is 9.99. The number of hydrogen-bond acceptors (Lipinski definition) is 5. The van der Waals surface area contributed by atoms with Gasteiger partial charge in [0.05, 0.1) is 49.8 Å². The summed E-state index contributed by atoms with van der Waals surface area (Å²) in [5, 5.41) is 8.99. The molecule has 0 spiro atoms. The average Bonchev–Trinajstić information content (AvgIpc) is 3.22. The first-order chi connectivity index (χ1) is 12.6. The molecule has 0 radical (unpaired) electrons.